The molecular formula is C18H25N3O4S. The van der Waals surface area contributed by atoms with Crippen molar-refractivity contribution in [1.82, 2.24) is 9.21 Å². The quantitative estimate of drug-likeness (QED) is 0.841. The summed E-state index contributed by atoms with van der Waals surface area (Å²) in [6.45, 7) is 1.68. The molecular weight excluding hydrogens is 354 g/mol. The molecule has 1 aromatic rings. The molecule has 0 unspecified atom stereocenters. The second-order valence-electron chi connectivity index (χ2n) is 6.99. The Hall–Kier alpha value is -1.93. The monoisotopic (exact) mass is 379 g/mol. The summed E-state index contributed by atoms with van der Waals surface area (Å²) in [6, 6.07) is 6.73. The van der Waals surface area contributed by atoms with Gasteiger partial charge in [-0.2, -0.15) is 4.31 Å². The van der Waals surface area contributed by atoms with Gasteiger partial charge in [0.15, 0.2) is 0 Å². The number of carbonyl (C=O) groups excluding carboxylic acids is 2. The second-order valence-corrected chi connectivity index (χ2v) is 8.93. The Morgan fingerprint density at radius 1 is 1.23 bits per heavy atom. The number of hydrogen-bond acceptors (Lipinski definition) is 4. The normalized spacial score (nSPS) is 21.8. The summed E-state index contributed by atoms with van der Waals surface area (Å²) in [5, 5.41) is 2.83. The maximum absolute atomic E-state index is 12.5. The SMILES string of the molecule is CS(=O)(=O)N1CCC[C@@H]1C(=O)Nc1cccc(CN2CCCCC2=O)c1. The van der Waals surface area contributed by atoms with Crippen LogP contribution in [0, 0.1) is 0 Å². The molecule has 26 heavy (non-hydrogen) atoms. The Morgan fingerprint density at radius 2 is 2.04 bits per heavy atom. The minimum Gasteiger partial charge on any atom is -0.338 e. The first-order chi connectivity index (χ1) is 12.3. The van der Waals surface area contributed by atoms with E-state index >= 15 is 0 Å². The molecule has 0 saturated carbocycles. The molecule has 2 saturated heterocycles. The Balaban J connectivity index is 1.66. The lowest BCUT2D eigenvalue weighted by atomic mass is 10.1. The lowest BCUT2D eigenvalue weighted by Gasteiger charge is -2.27. The first kappa shape index (κ1) is 18.8. The van der Waals surface area contributed by atoms with Gasteiger partial charge in [0.2, 0.25) is 21.8 Å². The third-order valence-electron chi connectivity index (χ3n) is 4.92. The van der Waals surface area contributed by atoms with Crippen molar-refractivity contribution in [2.45, 2.75) is 44.7 Å². The fourth-order valence-electron chi connectivity index (χ4n) is 3.62. The predicted molar refractivity (Wildman–Crippen MR) is 98.9 cm³/mol. The van der Waals surface area contributed by atoms with Gasteiger partial charge < -0.3 is 10.2 Å². The molecule has 1 aromatic carbocycles. The Morgan fingerprint density at radius 3 is 2.77 bits per heavy atom. The zero-order chi connectivity index (χ0) is 18.7. The molecule has 0 spiro atoms. The van der Waals surface area contributed by atoms with Crippen molar-refractivity contribution in [3.63, 3.8) is 0 Å². The number of rotatable bonds is 5. The van der Waals surface area contributed by atoms with Crippen LogP contribution in [0.5, 0.6) is 0 Å². The van der Waals surface area contributed by atoms with Crippen molar-refractivity contribution in [2.75, 3.05) is 24.7 Å². The highest BCUT2D eigenvalue weighted by atomic mass is 32.2. The number of likely N-dealkylation sites (tertiary alicyclic amines) is 1. The van der Waals surface area contributed by atoms with E-state index in [1.165, 1.54) is 4.31 Å². The Labute approximate surface area is 154 Å². The predicted octanol–water partition coefficient (Wildman–Crippen LogP) is 1.56. The van der Waals surface area contributed by atoms with Crippen LogP contribution in [0.3, 0.4) is 0 Å². The summed E-state index contributed by atoms with van der Waals surface area (Å²) in [6.07, 6.45) is 4.91. The number of hydrogen-bond donors (Lipinski definition) is 1. The van der Waals surface area contributed by atoms with Crippen LogP contribution in [0.15, 0.2) is 24.3 Å². The van der Waals surface area contributed by atoms with Gasteiger partial charge in [0.05, 0.1) is 6.26 Å². The minimum atomic E-state index is -3.39. The molecule has 0 aromatic heterocycles. The number of carbonyl (C=O) groups is 2. The summed E-state index contributed by atoms with van der Waals surface area (Å²) >= 11 is 0. The average molecular weight is 379 g/mol. The van der Waals surface area contributed by atoms with Crippen molar-refractivity contribution < 1.29 is 18.0 Å². The van der Waals surface area contributed by atoms with Gasteiger partial charge in [-0.15, -0.1) is 0 Å². The number of sulfonamides is 1. The number of amides is 2. The minimum absolute atomic E-state index is 0.167. The average Bonchev–Trinajstić information content (AvgIpc) is 3.07. The zero-order valence-corrected chi connectivity index (χ0v) is 15.8. The molecule has 1 atom stereocenters. The summed E-state index contributed by atoms with van der Waals surface area (Å²) in [5.74, 6) is -0.139. The standard InChI is InChI=1S/C18H25N3O4S/c1-26(24,25)21-11-5-8-16(21)18(23)19-15-7-4-6-14(12-15)13-20-10-3-2-9-17(20)22/h4,6-7,12,16H,2-3,5,8-11,13H2,1H3,(H,19,23)/t16-/m1/s1. The summed E-state index contributed by atoms with van der Waals surface area (Å²) in [4.78, 5) is 26.3. The summed E-state index contributed by atoms with van der Waals surface area (Å²) in [5.41, 5.74) is 1.57. The van der Waals surface area contributed by atoms with Gasteiger partial charge >= 0.3 is 0 Å². The Bertz CT molecular complexity index is 793. The van der Waals surface area contributed by atoms with Crippen molar-refractivity contribution in [3.05, 3.63) is 29.8 Å². The molecule has 0 bridgehead atoms. The van der Waals surface area contributed by atoms with Crippen LogP contribution >= 0.6 is 0 Å². The van der Waals surface area contributed by atoms with E-state index in [2.05, 4.69) is 5.32 Å². The van der Waals surface area contributed by atoms with E-state index in [1.807, 2.05) is 23.1 Å². The van der Waals surface area contributed by atoms with Gasteiger partial charge in [0.25, 0.3) is 0 Å². The molecule has 2 fully saturated rings. The van der Waals surface area contributed by atoms with Crippen molar-refractivity contribution in [1.29, 1.82) is 0 Å². The molecule has 2 aliphatic rings. The second kappa shape index (κ2) is 7.75. The lowest BCUT2D eigenvalue weighted by molar-refractivity contribution is -0.133. The molecule has 2 amide bonds. The smallest absolute Gasteiger partial charge is 0.242 e. The van der Waals surface area contributed by atoms with Crippen molar-refractivity contribution in [3.8, 4) is 0 Å². The van der Waals surface area contributed by atoms with E-state index < -0.39 is 16.1 Å². The van der Waals surface area contributed by atoms with Gasteiger partial charge in [-0.05, 0) is 43.4 Å². The van der Waals surface area contributed by atoms with E-state index in [4.69, 9.17) is 0 Å². The molecule has 2 aliphatic heterocycles. The first-order valence-electron chi connectivity index (χ1n) is 8.99. The summed E-state index contributed by atoms with van der Waals surface area (Å²) in [7, 11) is -3.39. The summed E-state index contributed by atoms with van der Waals surface area (Å²) < 4.78 is 24.9. The highest BCUT2D eigenvalue weighted by Crippen LogP contribution is 2.23. The lowest BCUT2D eigenvalue weighted by Crippen LogP contribution is -2.42. The maximum Gasteiger partial charge on any atom is 0.242 e. The molecule has 0 radical (unpaired) electrons. The molecule has 8 heteroatoms. The van der Waals surface area contributed by atoms with E-state index in [0.717, 1.165) is 31.2 Å². The van der Waals surface area contributed by atoms with E-state index in [9.17, 15) is 18.0 Å². The third kappa shape index (κ3) is 4.42. The fraction of sp³-hybridized carbons (Fsp3) is 0.556. The van der Waals surface area contributed by atoms with Crippen molar-refractivity contribution in [2.24, 2.45) is 0 Å². The zero-order valence-electron chi connectivity index (χ0n) is 15.0. The van der Waals surface area contributed by atoms with Crippen LogP contribution in [-0.4, -0.2) is 54.8 Å². The number of benzene rings is 1. The van der Waals surface area contributed by atoms with Crippen LogP contribution < -0.4 is 5.32 Å². The van der Waals surface area contributed by atoms with Crippen LogP contribution in [0.1, 0.15) is 37.7 Å². The largest absolute Gasteiger partial charge is 0.338 e. The molecule has 1 N–H and O–H groups in total. The molecule has 142 valence electrons. The molecule has 0 aliphatic carbocycles. The van der Waals surface area contributed by atoms with Gasteiger partial charge in [-0.1, -0.05) is 12.1 Å². The van der Waals surface area contributed by atoms with E-state index in [-0.39, 0.29) is 11.8 Å². The highest BCUT2D eigenvalue weighted by Gasteiger charge is 2.36. The van der Waals surface area contributed by atoms with Crippen LogP contribution in [-0.2, 0) is 26.2 Å². The molecule has 3 rings (SSSR count). The van der Waals surface area contributed by atoms with Gasteiger partial charge in [-0.25, -0.2) is 8.42 Å². The highest BCUT2D eigenvalue weighted by molar-refractivity contribution is 7.88. The van der Waals surface area contributed by atoms with Gasteiger partial charge in [0.1, 0.15) is 6.04 Å². The van der Waals surface area contributed by atoms with Crippen LogP contribution in [0.25, 0.3) is 0 Å². The van der Waals surface area contributed by atoms with Crippen LogP contribution in [0.4, 0.5) is 5.69 Å². The topological polar surface area (TPSA) is 86.8 Å². The molecule has 2 heterocycles. The van der Waals surface area contributed by atoms with E-state index in [0.29, 0.717) is 38.0 Å². The van der Waals surface area contributed by atoms with Crippen molar-refractivity contribution >= 4 is 27.5 Å². The van der Waals surface area contributed by atoms with E-state index in [1.54, 1.807) is 6.07 Å². The van der Waals surface area contributed by atoms with Gasteiger partial charge in [-0.3, -0.25) is 9.59 Å². The first-order valence-corrected chi connectivity index (χ1v) is 10.8. The van der Waals surface area contributed by atoms with Gasteiger partial charge in [0, 0.05) is 31.7 Å². The van der Waals surface area contributed by atoms with Crippen LogP contribution in [0.2, 0.25) is 0 Å². The maximum atomic E-state index is 12.5. The fourth-order valence-corrected chi connectivity index (χ4v) is 4.75. The third-order valence-corrected chi connectivity index (χ3v) is 6.21. The number of anilines is 1. The molecule has 7 nitrogen and oxygen atoms in total. The number of nitrogens with one attached hydrogen (secondary N) is 1. The number of piperidine rings is 1. The number of nitrogens with zero attached hydrogens (tertiary/aromatic N) is 2. The Kier molecular flexibility index (Phi) is 5.62.